The summed E-state index contributed by atoms with van der Waals surface area (Å²) in [7, 11) is 0. The molecule has 0 bridgehead atoms. The van der Waals surface area contributed by atoms with E-state index in [1.807, 2.05) is 66.9 Å². The zero-order chi connectivity index (χ0) is 12.9. The average molecular weight is 249 g/mol. The molecule has 0 radical (unpaired) electrons. The number of H-pyrrole nitrogens is 1. The Morgan fingerprint density at radius 2 is 1.42 bits per heavy atom. The number of hydrogen-bond donors (Lipinski definition) is 1. The van der Waals surface area contributed by atoms with Gasteiger partial charge >= 0.3 is 0 Å². The summed E-state index contributed by atoms with van der Waals surface area (Å²) in [6.45, 7) is 0. The molecule has 0 aliphatic heterocycles. The Labute approximate surface area is 112 Å². The summed E-state index contributed by atoms with van der Waals surface area (Å²) in [6.07, 6.45) is 1.80. The highest BCUT2D eigenvalue weighted by molar-refractivity contribution is 5.30. The van der Waals surface area contributed by atoms with Crippen molar-refractivity contribution in [3.05, 3.63) is 90.3 Å². The third kappa shape index (κ3) is 2.68. The van der Waals surface area contributed by atoms with Crippen LogP contribution in [0.1, 0.15) is 17.4 Å². The van der Waals surface area contributed by atoms with Gasteiger partial charge in [0.25, 0.3) is 0 Å². The van der Waals surface area contributed by atoms with Gasteiger partial charge in [-0.05, 0) is 29.8 Å². The topological polar surface area (TPSA) is 25.0 Å². The fourth-order valence-electron chi connectivity index (χ4n) is 2.08. The van der Waals surface area contributed by atoms with Crippen molar-refractivity contribution in [2.24, 2.45) is 0 Å². The molecule has 0 saturated heterocycles. The first kappa shape index (κ1) is 11.6. The molecule has 94 valence electrons. The van der Waals surface area contributed by atoms with Crippen LogP contribution < -0.4 is 4.74 Å². The van der Waals surface area contributed by atoms with E-state index >= 15 is 0 Å². The summed E-state index contributed by atoms with van der Waals surface area (Å²) in [6, 6.07) is 24.1. The molecular formula is C17H15NO. The highest BCUT2D eigenvalue weighted by Gasteiger charge is 2.16. The van der Waals surface area contributed by atoms with Crippen LogP contribution in [0.3, 0.4) is 0 Å². The number of aromatic nitrogens is 1. The molecule has 3 aromatic rings. The molecule has 1 unspecified atom stereocenters. The SMILES string of the molecule is c1ccc(OC(c2ccccc2)c2ccc[nH]2)cc1. The number of hydrogen-bond acceptors (Lipinski definition) is 1. The minimum Gasteiger partial charge on any atom is -0.479 e. The van der Waals surface area contributed by atoms with Gasteiger partial charge < -0.3 is 9.72 Å². The van der Waals surface area contributed by atoms with Crippen LogP contribution >= 0.6 is 0 Å². The van der Waals surface area contributed by atoms with Crippen LogP contribution in [-0.2, 0) is 0 Å². The quantitative estimate of drug-likeness (QED) is 0.737. The average Bonchev–Trinajstić information content (AvgIpc) is 3.01. The van der Waals surface area contributed by atoms with Gasteiger partial charge in [-0.25, -0.2) is 0 Å². The molecule has 1 atom stereocenters. The lowest BCUT2D eigenvalue weighted by atomic mass is 10.1. The summed E-state index contributed by atoms with van der Waals surface area (Å²) >= 11 is 0. The number of aromatic amines is 1. The Balaban J connectivity index is 1.94. The van der Waals surface area contributed by atoms with E-state index in [2.05, 4.69) is 17.1 Å². The minimum atomic E-state index is -0.112. The number of nitrogens with one attached hydrogen (secondary N) is 1. The zero-order valence-corrected chi connectivity index (χ0v) is 10.5. The largest absolute Gasteiger partial charge is 0.479 e. The maximum absolute atomic E-state index is 6.11. The Kier molecular flexibility index (Phi) is 3.32. The molecule has 0 amide bonds. The highest BCUT2D eigenvalue weighted by Crippen LogP contribution is 2.27. The normalized spacial score (nSPS) is 12.0. The molecule has 1 N–H and O–H groups in total. The molecular weight excluding hydrogens is 234 g/mol. The van der Waals surface area contributed by atoms with Gasteiger partial charge in [-0.15, -0.1) is 0 Å². The number of ether oxygens (including phenoxy) is 1. The van der Waals surface area contributed by atoms with E-state index in [0.717, 1.165) is 17.0 Å². The van der Waals surface area contributed by atoms with Crippen LogP contribution in [0.5, 0.6) is 5.75 Å². The summed E-state index contributed by atoms with van der Waals surface area (Å²) in [5.41, 5.74) is 2.18. The molecule has 1 aromatic heterocycles. The van der Waals surface area contributed by atoms with Gasteiger partial charge in [-0.3, -0.25) is 0 Å². The second-order valence-electron chi connectivity index (χ2n) is 4.35. The zero-order valence-electron chi connectivity index (χ0n) is 10.5. The van der Waals surface area contributed by atoms with Crippen LogP contribution in [-0.4, -0.2) is 4.98 Å². The third-order valence-electron chi connectivity index (χ3n) is 3.00. The number of benzene rings is 2. The standard InChI is InChI=1S/C17H15NO/c1-3-8-14(9-4-1)17(16-12-7-13-18-16)19-15-10-5-2-6-11-15/h1-13,17-18H. The van der Waals surface area contributed by atoms with E-state index in [-0.39, 0.29) is 6.10 Å². The predicted octanol–water partition coefficient (Wildman–Crippen LogP) is 4.18. The van der Waals surface area contributed by atoms with Crippen molar-refractivity contribution in [3.63, 3.8) is 0 Å². The van der Waals surface area contributed by atoms with Gasteiger partial charge in [0.15, 0.2) is 6.10 Å². The Bertz CT molecular complexity index is 602. The second-order valence-corrected chi connectivity index (χ2v) is 4.35. The van der Waals surface area contributed by atoms with E-state index < -0.39 is 0 Å². The van der Waals surface area contributed by atoms with Crippen molar-refractivity contribution in [2.45, 2.75) is 6.10 Å². The van der Waals surface area contributed by atoms with Crippen LogP contribution in [0.2, 0.25) is 0 Å². The number of rotatable bonds is 4. The lowest BCUT2D eigenvalue weighted by Crippen LogP contribution is -2.09. The van der Waals surface area contributed by atoms with Gasteiger partial charge in [-0.2, -0.15) is 0 Å². The molecule has 2 nitrogen and oxygen atoms in total. The van der Waals surface area contributed by atoms with Crippen LogP contribution in [0.15, 0.2) is 79.0 Å². The summed E-state index contributed by atoms with van der Waals surface area (Å²) in [5, 5.41) is 0. The Morgan fingerprint density at radius 1 is 0.737 bits per heavy atom. The molecule has 0 aliphatic carbocycles. The number of para-hydroxylation sites is 1. The summed E-state index contributed by atoms with van der Waals surface area (Å²) < 4.78 is 6.11. The minimum absolute atomic E-state index is 0.112. The van der Waals surface area contributed by atoms with Crippen molar-refractivity contribution in [1.82, 2.24) is 4.98 Å². The fourth-order valence-corrected chi connectivity index (χ4v) is 2.08. The highest BCUT2D eigenvalue weighted by atomic mass is 16.5. The Morgan fingerprint density at radius 3 is 2.05 bits per heavy atom. The Hall–Kier alpha value is -2.48. The molecule has 3 rings (SSSR count). The lowest BCUT2D eigenvalue weighted by molar-refractivity contribution is 0.243. The van der Waals surface area contributed by atoms with Crippen LogP contribution in [0.4, 0.5) is 0 Å². The molecule has 2 aromatic carbocycles. The van der Waals surface area contributed by atoms with Crippen molar-refractivity contribution in [2.75, 3.05) is 0 Å². The van der Waals surface area contributed by atoms with E-state index in [1.165, 1.54) is 0 Å². The smallest absolute Gasteiger partial charge is 0.163 e. The van der Waals surface area contributed by atoms with Crippen LogP contribution in [0, 0.1) is 0 Å². The lowest BCUT2D eigenvalue weighted by Gasteiger charge is -2.18. The van der Waals surface area contributed by atoms with Crippen molar-refractivity contribution < 1.29 is 4.74 Å². The molecule has 0 spiro atoms. The monoisotopic (exact) mass is 249 g/mol. The summed E-state index contributed by atoms with van der Waals surface area (Å²) in [4.78, 5) is 3.23. The van der Waals surface area contributed by atoms with Gasteiger partial charge in [0.2, 0.25) is 0 Å². The second kappa shape index (κ2) is 5.44. The first-order valence-electron chi connectivity index (χ1n) is 6.33. The van der Waals surface area contributed by atoms with E-state index in [1.54, 1.807) is 0 Å². The van der Waals surface area contributed by atoms with Crippen molar-refractivity contribution in [1.29, 1.82) is 0 Å². The van der Waals surface area contributed by atoms with Gasteiger partial charge in [0.1, 0.15) is 5.75 Å². The first-order chi connectivity index (χ1) is 9.43. The van der Waals surface area contributed by atoms with Crippen molar-refractivity contribution >= 4 is 0 Å². The maximum Gasteiger partial charge on any atom is 0.163 e. The van der Waals surface area contributed by atoms with Gasteiger partial charge in [0.05, 0.1) is 5.69 Å². The molecule has 0 aliphatic rings. The molecule has 1 heterocycles. The molecule has 0 fully saturated rings. The van der Waals surface area contributed by atoms with Crippen molar-refractivity contribution in [3.8, 4) is 5.75 Å². The van der Waals surface area contributed by atoms with E-state index in [9.17, 15) is 0 Å². The van der Waals surface area contributed by atoms with Gasteiger partial charge in [0, 0.05) is 6.20 Å². The van der Waals surface area contributed by atoms with E-state index in [4.69, 9.17) is 4.74 Å². The third-order valence-corrected chi connectivity index (χ3v) is 3.00. The molecule has 19 heavy (non-hydrogen) atoms. The molecule has 2 heteroatoms. The summed E-state index contributed by atoms with van der Waals surface area (Å²) in [5.74, 6) is 0.867. The van der Waals surface area contributed by atoms with Gasteiger partial charge in [-0.1, -0.05) is 48.5 Å². The first-order valence-corrected chi connectivity index (χ1v) is 6.33. The van der Waals surface area contributed by atoms with Crippen LogP contribution in [0.25, 0.3) is 0 Å². The molecule has 0 saturated carbocycles. The van der Waals surface area contributed by atoms with E-state index in [0.29, 0.717) is 0 Å². The maximum atomic E-state index is 6.11. The predicted molar refractivity (Wildman–Crippen MR) is 76.1 cm³/mol. The fraction of sp³-hybridized carbons (Fsp3) is 0.0588.